The van der Waals surface area contributed by atoms with Gasteiger partial charge in [0.25, 0.3) is 0 Å². The van der Waals surface area contributed by atoms with Crippen molar-refractivity contribution in [2.75, 3.05) is 18.4 Å². The minimum absolute atomic E-state index is 0.0560. The van der Waals surface area contributed by atoms with Crippen molar-refractivity contribution in [1.29, 1.82) is 0 Å². The zero-order valence-electron chi connectivity index (χ0n) is 19.5. The Bertz CT molecular complexity index is 1270. The van der Waals surface area contributed by atoms with Gasteiger partial charge in [-0.1, -0.05) is 24.3 Å². The van der Waals surface area contributed by atoms with Crippen LogP contribution in [0.4, 0.5) is 5.69 Å². The van der Waals surface area contributed by atoms with Crippen LogP contribution in [0.15, 0.2) is 53.4 Å². The third-order valence-electron chi connectivity index (χ3n) is 6.42. The number of nitrogens with one attached hydrogen (secondary N) is 1. The molecular weight excluding hydrogens is 436 g/mol. The van der Waals surface area contributed by atoms with Gasteiger partial charge in [0.2, 0.25) is 15.9 Å². The molecule has 0 aliphatic carbocycles. The van der Waals surface area contributed by atoms with E-state index < -0.39 is 10.0 Å². The van der Waals surface area contributed by atoms with Gasteiger partial charge in [-0.15, -0.1) is 0 Å². The Labute approximate surface area is 195 Å². The lowest BCUT2D eigenvalue weighted by Crippen LogP contribution is -2.41. The summed E-state index contributed by atoms with van der Waals surface area (Å²) in [6.07, 6.45) is 0.974. The fraction of sp³-hybridized carbons (Fsp3) is 0.360. The highest BCUT2D eigenvalue weighted by Crippen LogP contribution is 2.29. The van der Waals surface area contributed by atoms with E-state index in [0.717, 1.165) is 16.9 Å². The van der Waals surface area contributed by atoms with Gasteiger partial charge in [0.15, 0.2) is 0 Å². The Hall–Kier alpha value is -2.97. The molecule has 2 heterocycles. The number of hydrogen-bond acceptors (Lipinski definition) is 4. The van der Waals surface area contributed by atoms with Gasteiger partial charge in [0, 0.05) is 24.7 Å². The highest BCUT2D eigenvalue weighted by Gasteiger charge is 2.35. The molecular formula is C25H30N4O3S. The Kier molecular flexibility index (Phi) is 6.41. The van der Waals surface area contributed by atoms with Crippen LogP contribution in [-0.2, 0) is 14.8 Å². The summed E-state index contributed by atoms with van der Waals surface area (Å²) in [6.45, 7) is 8.17. The van der Waals surface area contributed by atoms with Crippen LogP contribution >= 0.6 is 0 Å². The molecule has 0 saturated carbocycles. The molecule has 1 amide bonds. The van der Waals surface area contributed by atoms with Crippen LogP contribution in [0.25, 0.3) is 5.69 Å². The molecule has 1 aliphatic heterocycles. The molecule has 0 atom stereocenters. The van der Waals surface area contributed by atoms with Gasteiger partial charge in [-0.25, -0.2) is 13.1 Å². The molecule has 1 aromatic heterocycles. The molecule has 0 unspecified atom stereocenters. The highest BCUT2D eigenvalue weighted by atomic mass is 32.2. The third-order valence-corrected chi connectivity index (χ3v) is 8.57. The largest absolute Gasteiger partial charge is 0.326 e. The van der Waals surface area contributed by atoms with Crippen molar-refractivity contribution in [3.63, 3.8) is 0 Å². The number of rotatable bonds is 5. The molecule has 0 spiro atoms. The van der Waals surface area contributed by atoms with E-state index in [-0.39, 0.29) is 16.7 Å². The summed E-state index contributed by atoms with van der Waals surface area (Å²) in [4.78, 5) is 13.0. The van der Waals surface area contributed by atoms with E-state index in [1.165, 1.54) is 9.87 Å². The number of sulfonamides is 1. The first-order chi connectivity index (χ1) is 15.7. The fourth-order valence-electron chi connectivity index (χ4n) is 4.37. The molecule has 33 heavy (non-hydrogen) atoms. The summed E-state index contributed by atoms with van der Waals surface area (Å²) in [5.74, 6) is -0.271. The third kappa shape index (κ3) is 4.58. The van der Waals surface area contributed by atoms with E-state index in [4.69, 9.17) is 0 Å². The molecule has 0 radical (unpaired) electrons. The molecule has 1 saturated heterocycles. The van der Waals surface area contributed by atoms with Crippen molar-refractivity contribution in [2.24, 2.45) is 5.92 Å². The highest BCUT2D eigenvalue weighted by molar-refractivity contribution is 7.89. The number of hydrogen-bond donors (Lipinski definition) is 1. The van der Waals surface area contributed by atoms with E-state index in [9.17, 15) is 13.2 Å². The quantitative estimate of drug-likeness (QED) is 0.612. The number of amides is 1. The van der Waals surface area contributed by atoms with Crippen LogP contribution in [0, 0.1) is 33.6 Å². The second-order valence-corrected chi connectivity index (χ2v) is 10.6. The van der Waals surface area contributed by atoms with Crippen LogP contribution in [0.1, 0.15) is 35.4 Å². The molecule has 0 bridgehead atoms. The first-order valence-corrected chi connectivity index (χ1v) is 12.6. The maximum atomic E-state index is 13.5. The molecule has 4 rings (SSSR count). The summed E-state index contributed by atoms with van der Waals surface area (Å²) in [5, 5.41) is 7.48. The number of anilines is 1. The van der Waals surface area contributed by atoms with E-state index >= 15 is 0 Å². The lowest BCUT2D eigenvalue weighted by atomic mass is 9.97. The number of piperidine rings is 1. The second kappa shape index (κ2) is 9.11. The SMILES string of the molecule is Cc1ccc(NC(=O)C2CCN(S(=O)(=O)c3c(C)nn(-c4ccccc4)c3C)CC2)cc1C. The molecule has 3 aromatic rings. The van der Waals surface area contributed by atoms with Gasteiger partial charge in [0.1, 0.15) is 4.90 Å². The average molecular weight is 467 g/mol. The van der Waals surface area contributed by atoms with Gasteiger partial charge in [-0.3, -0.25) is 4.79 Å². The smallest absolute Gasteiger partial charge is 0.246 e. The zero-order chi connectivity index (χ0) is 23.8. The number of aromatic nitrogens is 2. The second-order valence-electron chi connectivity index (χ2n) is 8.71. The number of carbonyl (C=O) groups is 1. The van der Waals surface area contributed by atoms with Crippen molar-refractivity contribution in [1.82, 2.24) is 14.1 Å². The summed E-state index contributed by atoms with van der Waals surface area (Å²) in [6, 6.07) is 15.3. The topological polar surface area (TPSA) is 84.3 Å². The molecule has 1 aliphatic rings. The molecule has 1 N–H and O–H groups in total. The minimum atomic E-state index is -3.71. The van der Waals surface area contributed by atoms with Crippen LogP contribution in [-0.4, -0.2) is 41.5 Å². The maximum Gasteiger partial charge on any atom is 0.246 e. The Morgan fingerprint density at radius 3 is 2.27 bits per heavy atom. The Morgan fingerprint density at radius 2 is 1.64 bits per heavy atom. The normalized spacial score (nSPS) is 15.5. The number of nitrogens with zero attached hydrogens (tertiary/aromatic N) is 3. The summed E-state index contributed by atoms with van der Waals surface area (Å²) in [7, 11) is -3.71. The van der Waals surface area contributed by atoms with E-state index in [1.54, 1.807) is 18.5 Å². The zero-order valence-corrected chi connectivity index (χ0v) is 20.3. The van der Waals surface area contributed by atoms with Crippen LogP contribution in [0.5, 0.6) is 0 Å². The first kappa shape index (κ1) is 23.2. The summed E-state index contributed by atoms with van der Waals surface area (Å²) < 4.78 is 30.1. The number of carbonyl (C=O) groups excluding carboxylic acids is 1. The summed E-state index contributed by atoms with van der Waals surface area (Å²) in [5.41, 5.74) is 4.96. The van der Waals surface area contributed by atoms with Gasteiger partial charge >= 0.3 is 0 Å². The van der Waals surface area contributed by atoms with Crippen molar-refractivity contribution in [3.8, 4) is 5.69 Å². The molecule has 2 aromatic carbocycles. The Morgan fingerprint density at radius 1 is 0.970 bits per heavy atom. The average Bonchev–Trinajstić information content (AvgIpc) is 3.11. The van der Waals surface area contributed by atoms with Crippen LogP contribution in [0.2, 0.25) is 0 Å². The van der Waals surface area contributed by atoms with Crippen LogP contribution < -0.4 is 5.32 Å². The van der Waals surface area contributed by atoms with Crippen molar-refractivity contribution in [3.05, 3.63) is 71.0 Å². The Balaban J connectivity index is 1.47. The summed E-state index contributed by atoms with van der Waals surface area (Å²) >= 11 is 0. The molecule has 174 valence electrons. The van der Waals surface area contributed by atoms with E-state index in [0.29, 0.717) is 37.3 Å². The maximum absolute atomic E-state index is 13.5. The molecule has 8 heteroatoms. The predicted octanol–water partition coefficient (Wildman–Crippen LogP) is 4.15. The molecule has 7 nitrogen and oxygen atoms in total. The number of benzene rings is 2. The lowest BCUT2D eigenvalue weighted by Gasteiger charge is -2.30. The fourth-order valence-corrected chi connectivity index (χ4v) is 6.20. The van der Waals surface area contributed by atoms with Crippen molar-refractivity contribution >= 4 is 21.6 Å². The van der Waals surface area contributed by atoms with Crippen molar-refractivity contribution in [2.45, 2.75) is 45.4 Å². The minimum Gasteiger partial charge on any atom is -0.326 e. The molecule has 1 fully saturated rings. The monoisotopic (exact) mass is 466 g/mol. The van der Waals surface area contributed by atoms with E-state index in [2.05, 4.69) is 10.4 Å². The van der Waals surface area contributed by atoms with Crippen LogP contribution in [0.3, 0.4) is 0 Å². The lowest BCUT2D eigenvalue weighted by molar-refractivity contribution is -0.120. The van der Waals surface area contributed by atoms with Gasteiger partial charge in [-0.2, -0.15) is 9.40 Å². The van der Waals surface area contributed by atoms with Crippen molar-refractivity contribution < 1.29 is 13.2 Å². The predicted molar refractivity (Wildman–Crippen MR) is 129 cm³/mol. The van der Waals surface area contributed by atoms with Gasteiger partial charge in [0.05, 0.1) is 17.1 Å². The van der Waals surface area contributed by atoms with Gasteiger partial charge < -0.3 is 5.32 Å². The standard InChI is InChI=1S/C25H30N4O3S/c1-17-10-11-22(16-18(17)2)26-25(30)21-12-14-28(15-13-21)33(31,32)24-19(3)27-29(20(24)4)23-8-6-5-7-9-23/h5-11,16,21H,12-15H2,1-4H3,(H,26,30). The number of aryl methyl sites for hydroxylation is 3. The first-order valence-electron chi connectivity index (χ1n) is 11.2. The van der Waals surface area contributed by atoms with E-state index in [1.807, 2.05) is 62.4 Å². The number of para-hydroxylation sites is 1. The van der Waals surface area contributed by atoms with Gasteiger partial charge in [-0.05, 0) is 75.9 Å².